The minimum atomic E-state index is -0.164. The van der Waals surface area contributed by atoms with Crippen molar-refractivity contribution in [1.29, 1.82) is 0 Å². The summed E-state index contributed by atoms with van der Waals surface area (Å²) in [6, 6.07) is 0. The fourth-order valence-corrected chi connectivity index (χ4v) is 9.67. The second kappa shape index (κ2) is 8.98. The zero-order chi connectivity index (χ0) is 26.9. The van der Waals surface area contributed by atoms with Crippen LogP contribution in [-0.2, 0) is 14.3 Å². The number of hydrogen-bond donors (Lipinski definition) is 0. The highest BCUT2D eigenvalue weighted by Gasteiger charge is 2.66. The number of hydrogen-bond acceptors (Lipinski definition) is 3. The van der Waals surface area contributed by atoms with Gasteiger partial charge in [-0.05, 0) is 96.9 Å². The van der Waals surface area contributed by atoms with Gasteiger partial charge in [0, 0.05) is 18.3 Å². The summed E-state index contributed by atoms with van der Waals surface area (Å²) >= 11 is 0. The zero-order valence-electron chi connectivity index (χ0n) is 25.1. The van der Waals surface area contributed by atoms with Crippen LogP contribution in [0.5, 0.6) is 0 Å². The van der Waals surface area contributed by atoms with Crippen LogP contribution in [-0.4, -0.2) is 17.9 Å². The highest BCUT2D eigenvalue weighted by atomic mass is 16.5. The molecule has 4 aliphatic rings. The first-order chi connectivity index (χ1) is 16.5. The van der Waals surface area contributed by atoms with E-state index < -0.39 is 0 Å². The lowest BCUT2D eigenvalue weighted by atomic mass is 9.42. The summed E-state index contributed by atoms with van der Waals surface area (Å²) in [6.45, 7) is 22.9. The molecule has 8 atom stereocenters. The predicted molar refractivity (Wildman–Crippen MR) is 147 cm³/mol. The van der Waals surface area contributed by atoms with Crippen molar-refractivity contribution >= 4 is 11.8 Å². The van der Waals surface area contributed by atoms with E-state index in [0.717, 1.165) is 32.1 Å². The molecule has 0 aromatic rings. The molecule has 0 heterocycles. The van der Waals surface area contributed by atoms with Crippen LogP contribution in [0.1, 0.15) is 127 Å². The summed E-state index contributed by atoms with van der Waals surface area (Å²) in [4.78, 5) is 25.8. The molecule has 0 bridgehead atoms. The number of carbonyl (C=O) groups excluding carboxylic acids is 2. The number of ether oxygens (including phenoxy) is 1. The summed E-state index contributed by atoms with van der Waals surface area (Å²) in [6.07, 6.45) is 12.2. The molecule has 0 N–H and O–H groups in total. The van der Waals surface area contributed by atoms with Crippen molar-refractivity contribution in [2.75, 3.05) is 0 Å². The molecule has 3 heteroatoms. The van der Waals surface area contributed by atoms with Gasteiger partial charge in [0.1, 0.15) is 6.10 Å². The van der Waals surface area contributed by atoms with Crippen molar-refractivity contribution in [1.82, 2.24) is 0 Å². The Morgan fingerprint density at radius 1 is 1.03 bits per heavy atom. The first-order valence-corrected chi connectivity index (χ1v) is 14.9. The van der Waals surface area contributed by atoms with Crippen molar-refractivity contribution in [2.45, 2.75) is 133 Å². The molecular formula is C33H54O3. The maximum Gasteiger partial charge on any atom is 0.302 e. The van der Waals surface area contributed by atoms with Gasteiger partial charge in [-0.1, -0.05) is 74.3 Å². The number of fused-ring (bicyclic) bond motifs is 5. The van der Waals surface area contributed by atoms with Crippen LogP contribution in [0.3, 0.4) is 0 Å². The lowest BCUT2D eigenvalue weighted by Crippen LogP contribution is -2.56. The molecule has 3 saturated carbocycles. The highest BCUT2D eigenvalue weighted by molar-refractivity contribution is 5.94. The second-order valence-corrected chi connectivity index (χ2v) is 15.9. The van der Waals surface area contributed by atoms with Crippen molar-refractivity contribution < 1.29 is 14.3 Å². The zero-order valence-corrected chi connectivity index (χ0v) is 25.1. The molecule has 36 heavy (non-hydrogen) atoms. The summed E-state index contributed by atoms with van der Waals surface area (Å²) < 4.78 is 6.09. The van der Waals surface area contributed by atoms with E-state index in [-0.39, 0.29) is 45.1 Å². The Balaban J connectivity index is 1.69. The van der Waals surface area contributed by atoms with Crippen molar-refractivity contribution in [2.24, 2.45) is 50.7 Å². The summed E-state index contributed by atoms with van der Waals surface area (Å²) in [7, 11) is 0. The van der Waals surface area contributed by atoms with Gasteiger partial charge in [-0.15, -0.1) is 0 Å². The third-order valence-corrected chi connectivity index (χ3v) is 12.2. The number of allylic oxidation sites excluding steroid dienone is 2. The van der Waals surface area contributed by atoms with Crippen LogP contribution < -0.4 is 0 Å². The Morgan fingerprint density at radius 3 is 2.31 bits per heavy atom. The number of esters is 1. The van der Waals surface area contributed by atoms with E-state index in [1.807, 2.05) is 0 Å². The molecule has 0 saturated heterocycles. The summed E-state index contributed by atoms with van der Waals surface area (Å²) in [5, 5.41) is 0. The molecule has 3 nitrogen and oxygen atoms in total. The number of carbonyl (C=O) groups is 2. The van der Waals surface area contributed by atoms with Crippen LogP contribution in [0.15, 0.2) is 11.6 Å². The van der Waals surface area contributed by atoms with Gasteiger partial charge in [0.25, 0.3) is 0 Å². The van der Waals surface area contributed by atoms with Crippen molar-refractivity contribution in [3.63, 3.8) is 0 Å². The van der Waals surface area contributed by atoms with Crippen molar-refractivity contribution in [3.05, 3.63) is 11.6 Å². The smallest absolute Gasteiger partial charge is 0.302 e. The molecule has 0 radical (unpaired) electrons. The van der Waals surface area contributed by atoms with Crippen LogP contribution in [0.2, 0.25) is 0 Å². The van der Waals surface area contributed by atoms with E-state index in [2.05, 4.69) is 68.4 Å². The Hall–Kier alpha value is -1.12. The first-order valence-electron chi connectivity index (χ1n) is 14.9. The second-order valence-electron chi connectivity index (χ2n) is 15.9. The topological polar surface area (TPSA) is 43.4 Å². The van der Waals surface area contributed by atoms with Crippen LogP contribution in [0.25, 0.3) is 0 Å². The number of ketones is 1. The fourth-order valence-electron chi connectivity index (χ4n) is 9.67. The lowest BCUT2D eigenvalue weighted by Gasteiger charge is -2.62. The molecular weight excluding hydrogens is 444 g/mol. The third-order valence-electron chi connectivity index (χ3n) is 12.2. The van der Waals surface area contributed by atoms with E-state index >= 15 is 0 Å². The van der Waals surface area contributed by atoms with E-state index in [0.29, 0.717) is 23.5 Å². The van der Waals surface area contributed by atoms with E-state index in [9.17, 15) is 9.59 Å². The Bertz CT molecular complexity index is 922. The Morgan fingerprint density at radius 2 is 1.69 bits per heavy atom. The van der Waals surface area contributed by atoms with Gasteiger partial charge < -0.3 is 4.74 Å². The van der Waals surface area contributed by atoms with Crippen LogP contribution in [0, 0.1) is 50.7 Å². The molecule has 3 fully saturated rings. The molecule has 4 rings (SSSR count). The lowest BCUT2D eigenvalue weighted by molar-refractivity contribution is -0.161. The predicted octanol–water partition coefficient (Wildman–Crippen LogP) is 8.55. The molecule has 0 aromatic heterocycles. The average molecular weight is 499 g/mol. The van der Waals surface area contributed by atoms with Crippen molar-refractivity contribution in [3.8, 4) is 0 Å². The van der Waals surface area contributed by atoms with Gasteiger partial charge in [-0.2, -0.15) is 0 Å². The highest BCUT2D eigenvalue weighted by Crippen LogP contribution is 2.73. The summed E-state index contributed by atoms with van der Waals surface area (Å²) in [5.41, 5.74) is 1.82. The van der Waals surface area contributed by atoms with Gasteiger partial charge >= 0.3 is 5.97 Å². The maximum absolute atomic E-state index is 13.6. The molecule has 4 aliphatic carbocycles. The quantitative estimate of drug-likeness (QED) is 0.357. The molecule has 0 amide bonds. The van der Waals surface area contributed by atoms with Gasteiger partial charge in [0.15, 0.2) is 5.78 Å². The largest absolute Gasteiger partial charge is 0.462 e. The van der Waals surface area contributed by atoms with E-state index in [1.165, 1.54) is 31.3 Å². The number of rotatable bonds is 5. The summed E-state index contributed by atoms with van der Waals surface area (Å²) in [5.74, 6) is 2.11. The monoisotopic (exact) mass is 498 g/mol. The normalized spacial score (nSPS) is 41.6. The maximum atomic E-state index is 13.6. The van der Waals surface area contributed by atoms with Gasteiger partial charge in [-0.25, -0.2) is 0 Å². The van der Waals surface area contributed by atoms with Crippen LogP contribution >= 0.6 is 0 Å². The molecule has 204 valence electrons. The standard InChI is InChI=1S/C33H54O3/c1-21-11-16-31(8)23-12-17-33(10)27(13-18-32(33,9)24(23)20-26(35)25(31)19-21)30(6,7)28(36-22(2)34)14-15-29(3,4)5/h20-21,23,25,27-28H,11-19H2,1-10H3/t21-,23?,25+,27-,28-,31-,32+,33-/m1/s1. The SMILES string of the molecule is CC(=O)O[C@H](CCC(C)(C)C)C(C)(C)[C@H]1CC[C@@]2(C)C3=CC(=O)[C@@H]4C[C@H](C)CC[C@]4(C)C3CC[C@]12C. The minimum Gasteiger partial charge on any atom is -0.462 e. The van der Waals surface area contributed by atoms with Crippen LogP contribution in [0.4, 0.5) is 0 Å². The molecule has 0 spiro atoms. The van der Waals surface area contributed by atoms with E-state index in [1.54, 1.807) is 6.92 Å². The first kappa shape index (κ1) is 27.9. The average Bonchev–Trinajstić information content (AvgIpc) is 3.04. The Kier molecular flexibility index (Phi) is 6.96. The molecule has 0 aliphatic heterocycles. The Labute approximate surface area is 221 Å². The molecule has 0 aromatic carbocycles. The third kappa shape index (κ3) is 4.33. The van der Waals surface area contributed by atoms with Gasteiger partial charge in [0.2, 0.25) is 0 Å². The fraction of sp³-hybridized carbons (Fsp3) is 0.879. The van der Waals surface area contributed by atoms with Gasteiger partial charge in [-0.3, -0.25) is 9.59 Å². The van der Waals surface area contributed by atoms with E-state index in [4.69, 9.17) is 4.74 Å². The minimum absolute atomic E-state index is 0.0371. The molecule has 1 unspecified atom stereocenters. The van der Waals surface area contributed by atoms with Gasteiger partial charge in [0.05, 0.1) is 0 Å².